The van der Waals surface area contributed by atoms with E-state index in [1.54, 1.807) is 6.07 Å². The van der Waals surface area contributed by atoms with Gasteiger partial charge in [0.2, 0.25) is 0 Å². The average molecular weight is 293 g/mol. The third-order valence-corrected chi connectivity index (χ3v) is 3.65. The summed E-state index contributed by atoms with van der Waals surface area (Å²) in [6, 6.07) is 6.52. The molecule has 0 saturated carbocycles. The van der Waals surface area contributed by atoms with E-state index < -0.39 is 12.0 Å². The highest BCUT2D eigenvalue weighted by atomic mass is 16.5. The Balaban J connectivity index is 1.99. The molecule has 2 unspecified atom stereocenters. The summed E-state index contributed by atoms with van der Waals surface area (Å²) in [7, 11) is 1.52. The predicted octanol–water partition coefficient (Wildman–Crippen LogP) is 1.07. The van der Waals surface area contributed by atoms with Crippen LogP contribution in [0, 0.1) is 6.92 Å². The van der Waals surface area contributed by atoms with Gasteiger partial charge in [-0.1, -0.05) is 18.2 Å². The van der Waals surface area contributed by atoms with E-state index in [0.29, 0.717) is 12.2 Å². The minimum Gasteiger partial charge on any atom is -0.484 e. The van der Waals surface area contributed by atoms with Gasteiger partial charge in [0.1, 0.15) is 11.8 Å². The fourth-order valence-electron chi connectivity index (χ4n) is 2.42. The number of aryl methyl sites for hydroxylation is 1. The van der Waals surface area contributed by atoms with Crippen LogP contribution in [-0.4, -0.2) is 54.3 Å². The molecule has 1 amide bonds. The van der Waals surface area contributed by atoms with Crippen molar-refractivity contribution in [3.8, 4) is 5.75 Å². The summed E-state index contributed by atoms with van der Waals surface area (Å²) in [6.07, 6.45) is 0.0654. The van der Waals surface area contributed by atoms with Crippen LogP contribution in [0.2, 0.25) is 0 Å². The van der Waals surface area contributed by atoms with Gasteiger partial charge in [-0.15, -0.1) is 0 Å². The van der Waals surface area contributed by atoms with Crippen LogP contribution in [-0.2, 0) is 14.3 Å². The third-order valence-electron chi connectivity index (χ3n) is 3.65. The molecule has 6 nitrogen and oxygen atoms in total. The predicted molar refractivity (Wildman–Crippen MR) is 75.2 cm³/mol. The van der Waals surface area contributed by atoms with E-state index in [4.69, 9.17) is 9.47 Å². The van der Waals surface area contributed by atoms with Crippen molar-refractivity contribution in [2.45, 2.75) is 25.5 Å². The van der Waals surface area contributed by atoms with Crippen LogP contribution >= 0.6 is 0 Å². The molecule has 0 radical (unpaired) electrons. The lowest BCUT2D eigenvalue weighted by molar-refractivity contribution is -0.149. The standard InChI is InChI=1S/C15H19NO5/c1-10-5-3-4-6-13(10)21-9-14(17)16-8-11(20-2)7-12(16)15(18)19/h3-6,11-12H,7-9H2,1-2H3,(H,18,19). The topological polar surface area (TPSA) is 76.1 Å². The zero-order chi connectivity index (χ0) is 15.4. The van der Waals surface area contributed by atoms with Crippen LogP contribution in [0.4, 0.5) is 0 Å². The molecule has 1 aliphatic heterocycles. The summed E-state index contributed by atoms with van der Waals surface area (Å²) in [6.45, 7) is 1.99. The number of carbonyl (C=O) groups is 2. The fourth-order valence-corrected chi connectivity index (χ4v) is 2.42. The summed E-state index contributed by atoms with van der Waals surface area (Å²) >= 11 is 0. The number of benzene rings is 1. The van der Waals surface area contributed by atoms with E-state index in [9.17, 15) is 14.7 Å². The Kier molecular flexibility index (Phi) is 4.80. The molecule has 114 valence electrons. The number of aliphatic carboxylic acids is 1. The highest BCUT2D eigenvalue weighted by Gasteiger charge is 2.39. The lowest BCUT2D eigenvalue weighted by Crippen LogP contribution is -2.43. The Morgan fingerprint density at radius 1 is 1.38 bits per heavy atom. The van der Waals surface area contributed by atoms with E-state index in [0.717, 1.165) is 5.56 Å². The first-order valence-corrected chi connectivity index (χ1v) is 6.76. The van der Waals surface area contributed by atoms with E-state index in [1.165, 1.54) is 12.0 Å². The molecule has 1 saturated heterocycles. The number of para-hydroxylation sites is 1. The largest absolute Gasteiger partial charge is 0.484 e. The highest BCUT2D eigenvalue weighted by molar-refractivity contribution is 5.85. The Morgan fingerprint density at radius 2 is 2.10 bits per heavy atom. The molecule has 1 heterocycles. The SMILES string of the molecule is COC1CC(C(=O)O)N(C(=O)COc2ccccc2C)C1. The van der Waals surface area contributed by atoms with Crippen LogP contribution in [0.5, 0.6) is 5.75 Å². The van der Waals surface area contributed by atoms with Gasteiger partial charge < -0.3 is 19.5 Å². The smallest absolute Gasteiger partial charge is 0.326 e. The molecule has 21 heavy (non-hydrogen) atoms. The molecule has 2 atom stereocenters. The maximum Gasteiger partial charge on any atom is 0.326 e. The van der Waals surface area contributed by atoms with Gasteiger partial charge in [-0.2, -0.15) is 0 Å². The third kappa shape index (κ3) is 3.52. The number of likely N-dealkylation sites (tertiary alicyclic amines) is 1. The molecular formula is C15H19NO5. The molecule has 0 aromatic heterocycles. The minimum atomic E-state index is -1.02. The lowest BCUT2D eigenvalue weighted by Gasteiger charge is -2.21. The lowest BCUT2D eigenvalue weighted by atomic mass is 10.2. The molecular weight excluding hydrogens is 274 g/mol. The zero-order valence-electron chi connectivity index (χ0n) is 12.1. The molecule has 1 aromatic carbocycles. The first-order valence-electron chi connectivity index (χ1n) is 6.76. The van der Waals surface area contributed by atoms with Crippen LogP contribution in [0.15, 0.2) is 24.3 Å². The number of ether oxygens (including phenoxy) is 2. The number of carbonyl (C=O) groups excluding carboxylic acids is 1. The van der Waals surface area contributed by atoms with Crippen LogP contribution in [0.3, 0.4) is 0 Å². The Hall–Kier alpha value is -2.08. The van der Waals surface area contributed by atoms with Crippen molar-refractivity contribution in [2.75, 3.05) is 20.3 Å². The molecule has 6 heteroatoms. The second kappa shape index (κ2) is 6.58. The number of hydrogen-bond donors (Lipinski definition) is 1. The molecule has 0 aliphatic carbocycles. The van der Waals surface area contributed by atoms with E-state index in [2.05, 4.69) is 0 Å². The number of rotatable bonds is 5. The number of carboxylic acid groups (broad SMARTS) is 1. The first-order chi connectivity index (χ1) is 10.0. The molecule has 0 bridgehead atoms. The van der Waals surface area contributed by atoms with Crippen molar-refractivity contribution in [3.05, 3.63) is 29.8 Å². The molecule has 1 aromatic rings. The Bertz CT molecular complexity index is 531. The van der Waals surface area contributed by atoms with Crippen molar-refractivity contribution in [1.29, 1.82) is 0 Å². The maximum absolute atomic E-state index is 12.2. The number of methoxy groups -OCH3 is 1. The average Bonchev–Trinajstić information content (AvgIpc) is 2.90. The fraction of sp³-hybridized carbons (Fsp3) is 0.467. The minimum absolute atomic E-state index is 0.176. The van der Waals surface area contributed by atoms with E-state index >= 15 is 0 Å². The summed E-state index contributed by atoms with van der Waals surface area (Å²) < 4.78 is 10.6. The van der Waals surface area contributed by atoms with Crippen molar-refractivity contribution in [1.82, 2.24) is 4.90 Å². The van der Waals surface area contributed by atoms with Gasteiger partial charge in [0.15, 0.2) is 6.61 Å². The maximum atomic E-state index is 12.2. The van der Waals surface area contributed by atoms with Crippen LogP contribution < -0.4 is 4.74 Å². The number of nitrogens with zero attached hydrogens (tertiary/aromatic N) is 1. The van der Waals surface area contributed by atoms with Crippen molar-refractivity contribution < 1.29 is 24.2 Å². The Labute approximate surface area is 123 Å². The van der Waals surface area contributed by atoms with Crippen LogP contribution in [0.1, 0.15) is 12.0 Å². The molecule has 2 rings (SSSR count). The van der Waals surface area contributed by atoms with Crippen molar-refractivity contribution in [2.24, 2.45) is 0 Å². The Morgan fingerprint density at radius 3 is 2.71 bits per heavy atom. The summed E-state index contributed by atoms with van der Waals surface area (Å²) in [5, 5.41) is 9.18. The summed E-state index contributed by atoms with van der Waals surface area (Å²) in [4.78, 5) is 24.7. The zero-order valence-corrected chi connectivity index (χ0v) is 12.1. The number of hydrogen-bond acceptors (Lipinski definition) is 4. The second-order valence-corrected chi connectivity index (χ2v) is 5.05. The second-order valence-electron chi connectivity index (χ2n) is 5.05. The normalized spacial score (nSPS) is 21.3. The van der Waals surface area contributed by atoms with E-state index in [1.807, 2.05) is 25.1 Å². The molecule has 0 spiro atoms. The summed E-state index contributed by atoms with van der Waals surface area (Å²) in [5.74, 6) is -0.732. The number of carboxylic acids is 1. The van der Waals surface area contributed by atoms with Gasteiger partial charge in [-0.25, -0.2) is 4.79 Å². The van der Waals surface area contributed by atoms with Gasteiger partial charge in [0, 0.05) is 20.1 Å². The van der Waals surface area contributed by atoms with Gasteiger partial charge in [-0.3, -0.25) is 4.79 Å². The van der Waals surface area contributed by atoms with E-state index in [-0.39, 0.29) is 25.2 Å². The number of amides is 1. The molecule has 1 fully saturated rings. The molecule has 1 aliphatic rings. The van der Waals surface area contributed by atoms with Gasteiger partial charge >= 0.3 is 5.97 Å². The van der Waals surface area contributed by atoms with Crippen LogP contribution in [0.25, 0.3) is 0 Å². The summed E-state index contributed by atoms with van der Waals surface area (Å²) in [5.41, 5.74) is 0.927. The van der Waals surface area contributed by atoms with Gasteiger partial charge in [0.25, 0.3) is 5.91 Å². The van der Waals surface area contributed by atoms with Crippen molar-refractivity contribution in [3.63, 3.8) is 0 Å². The first kappa shape index (κ1) is 15.3. The van der Waals surface area contributed by atoms with Gasteiger partial charge in [0.05, 0.1) is 6.10 Å². The van der Waals surface area contributed by atoms with Crippen molar-refractivity contribution >= 4 is 11.9 Å². The monoisotopic (exact) mass is 293 g/mol. The highest BCUT2D eigenvalue weighted by Crippen LogP contribution is 2.21. The molecule has 1 N–H and O–H groups in total. The van der Waals surface area contributed by atoms with Gasteiger partial charge in [-0.05, 0) is 18.6 Å². The quantitative estimate of drug-likeness (QED) is 0.879.